The van der Waals surface area contributed by atoms with Gasteiger partial charge in [-0.25, -0.2) is 0 Å². The summed E-state index contributed by atoms with van der Waals surface area (Å²) in [5.74, 6) is -0.723. The van der Waals surface area contributed by atoms with Gasteiger partial charge in [-0.15, -0.1) is 0 Å². The first-order valence-electron chi connectivity index (χ1n) is 5.90. The highest BCUT2D eigenvalue weighted by Gasteiger charge is 2.27. The van der Waals surface area contributed by atoms with Gasteiger partial charge in [-0.05, 0) is 33.4 Å². The molecule has 6 nitrogen and oxygen atoms in total. The summed E-state index contributed by atoms with van der Waals surface area (Å²) in [4.78, 5) is 15.9. The molecule has 98 valence electrons. The van der Waals surface area contributed by atoms with Crippen molar-refractivity contribution in [3.05, 3.63) is 0 Å². The standard InChI is InChI=1S/C11H22N4O2/c1-8(10(12)13-17)11(16)15(3)7-9-5-4-6-14(9)2/h8-9,17H,4-7H2,1-3H3,(H2,12,13). The summed E-state index contributed by atoms with van der Waals surface area (Å²) in [6, 6.07) is 0.420. The SMILES string of the molecule is CC(C(=O)N(C)CC1CCCN1C)C(N)=NO. The fourth-order valence-electron chi connectivity index (χ4n) is 2.16. The van der Waals surface area contributed by atoms with Crippen LogP contribution in [0, 0.1) is 5.92 Å². The molecule has 1 aliphatic rings. The van der Waals surface area contributed by atoms with Crippen LogP contribution in [0.5, 0.6) is 0 Å². The Hall–Kier alpha value is -1.30. The molecular weight excluding hydrogens is 220 g/mol. The van der Waals surface area contributed by atoms with E-state index in [4.69, 9.17) is 10.9 Å². The van der Waals surface area contributed by atoms with Gasteiger partial charge < -0.3 is 20.7 Å². The number of carbonyl (C=O) groups is 1. The summed E-state index contributed by atoms with van der Waals surface area (Å²) in [5.41, 5.74) is 5.43. The minimum atomic E-state index is -0.572. The van der Waals surface area contributed by atoms with Gasteiger partial charge in [0, 0.05) is 19.6 Å². The molecule has 0 aromatic heterocycles. The number of likely N-dealkylation sites (tertiary alicyclic amines) is 1. The van der Waals surface area contributed by atoms with Gasteiger partial charge in [0.15, 0.2) is 5.84 Å². The molecule has 0 aromatic rings. The predicted octanol–water partition coefficient (Wildman–Crippen LogP) is -0.0785. The maximum absolute atomic E-state index is 12.0. The molecule has 2 unspecified atom stereocenters. The molecule has 1 rings (SSSR count). The first-order valence-corrected chi connectivity index (χ1v) is 5.90. The highest BCUT2D eigenvalue weighted by molar-refractivity contribution is 6.01. The fraction of sp³-hybridized carbons (Fsp3) is 0.818. The average molecular weight is 242 g/mol. The third-order valence-corrected chi connectivity index (χ3v) is 3.46. The zero-order valence-corrected chi connectivity index (χ0v) is 10.8. The number of rotatable bonds is 4. The third-order valence-electron chi connectivity index (χ3n) is 3.46. The Kier molecular flexibility index (Phi) is 4.74. The predicted molar refractivity (Wildman–Crippen MR) is 65.9 cm³/mol. The molecule has 1 aliphatic heterocycles. The van der Waals surface area contributed by atoms with Crippen molar-refractivity contribution in [1.82, 2.24) is 9.80 Å². The minimum Gasteiger partial charge on any atom is -0.409 e. The number of likely N-dealkylation sites (N-methyl/N-ethyl adjacent to an activating group) is 2. The average Bonchev–Trinajstić information content (AvgIpc) is 2.72. The largest absolute Gasteiger partial charge is 0.409 e. The number of amides is 1. The quantitative estimate of drug-likeness (QED) is 0.313. The fourth-order valence-corrected chi connectivity index (χ4v) is 2.16. The molecule has 1 saturated heterocycles. The van der Waals surface area contributed by atoms with E-state index in [9.17, 15) is 4.79 Å². The maximum Gasteiger partial charge on any atom is 0.232 e. The zero-order valence-electron chi connectivity index (χ0n) is 10.8. The van der Waals surface area contributed by atoms with Crippen LogP contribution in [-0.4, -0.2) is 60.0 Å². The van der Waals surface area contributed by atoms with E-state index in [0.717, 1.165) is 13.0 Å². The van der Waals surface area contributed by atoms with Crippen molar-refractivity contribution < 1.29 is 10.0 Å². The molecule has 0 saturated carbocycles. The highest BCUT2D eigenvalue weighted by atomic mass is 16.4. The van der Waals surface area contributed by atoms with Crippen molar-refractivity contribution in [3.63, 3.8) is 0 Å². The second kappa shape index (κ2) is 5.86. The molecule has 0 bridgehead atoms. The van der Waals surface area contributed by atoms with Crippen LogP contribution in [0.1, 0.15) is 19.8 Å². The van der Waals surface area contributed by atoms with Gasteiger partial charge in [0.2, 0.25) is 5.91 Å². The topological polar surface area (TPSA) is 82.2 Å². The molecule has 3 N–H and O–H groups in total. The van der Waals surface area contributed by atoms with Crippen LogP contribution < -0.4 is 5.73 Å². The zero-order chi connectivity index (χ0) is 13.0. The first kappa shape index (κ1) is 13.8. The lowest BCUT2D eigenvalue weighted by Gasteiger charge is -2.27. The number of hydrogen-bond donors (Lipinski definition) is 2. The van der Waals surface area contributed by atoms with Crippen molar-refractivity contribution >= 4 is 11.7 Å². The lowest BCUT2D eigenvalue weighted by Crippen LogP contribution is -2.44. The monoisotopic (exact) mass is 242 g/mol. The Labute approximate surface area is 102 Å². The molecular formula is C11H22N4O2. The summed E-state index contributed by atoms with van der Waals surface area (Å²) in [5, 5.41) is 11.4. The Morgan fingerprint density at radius 2 is 2.35 bits per heavy atom. The van der Waals surface area contributed by atoms with Crippen LogP contribution in [0.25, 0.3) is 0 Å². The number of carbonyl (C=O) groups excluding carboxylic acids is 1. The van der Waals surface area contributed by atoms with Crippen molar-refractivity contribution in [2.75, 3.05) is 27.2 Å². The molecule has 2 atom stereocenters. The van der Waals surface area contributed by atoms with Crippen LogP contribution in [-0.2, 0) is 4.79 Å². The minimum absolute atomic E-state index is 0.0402. The van der Waals surface area contributed by atoms with Gasteiger partial charge in [0.1, 0.15) is 0 Å². The summed E-state index contributed by atoms with van der Waals surface area (Å²) >= 11 is 0. The summed E-state index contributed by atoms with van der Waals surface area (Å²) in [6.07, 6.45) is 2.30. The third kappa shape index (κ3) is 3.33. The van der Waals surface area contributed by atoms with Crippen molar-refractivity contribution in [2.45, 2.75) is 25.8 Å². The summed E-state index contributed by atoms with van der Waals surface area (Å²) < 4.78 is 0. The van der Waals surface area contributed by atoms with Crippen LogP contribution >= 0.6 is 0 Å². The van der Waals surface area contributed by atoms with E-state index < -0.39 is 5.92 Å². The summed E-state index contributed by atoms with van der Waals surface area (Å²) in [6.45, 7) is 3.42. The van der Waals surface area contributed by atoms with Gasteiger partial charge in [-0.1, -0.05) is 5.16 Å². The molecule has 0 aromatic carbocycles. The molecule has 0 aliphatic carbocycles. The normalized spacial score (nSPS) is 23.7. The van der Waals surface area contributed by atoms with Crippen LogP contribution in [0.2, 0.25) is 0 Å². The maximum atomic E-state index is 12.0. The van der Waals surface area contributed by atoms with Gasteiger partial charge in [-0.3, -0.25) is 4.79 Å². The van der Waals surface area contributed by atoms with E-state index in [1.807, 2.05) is 0 Å². The molecule has 1 amide bonds. The van der Waals surface area contributed by atoms with Crippen molar-refractivity contribution in [3.8, 4) is 0 Å². The molecule has 0 spiro atoms. The Morgan fingerprint density at radius 3 is 2.82 bits per heavy atom. The van der Waals surface area contributed by atoms with Crippen molar-refractivity contribution in [1.29, 1.82) is 0 Å². The molecule has 0 radical (unpaired) electrons. The number of nitrogens with zero attached hydrogens (tertiary/aromatic N) is 3. The lowest BCUT2D eigenvalue weighted by molar-refractivity contribution is -0.132. The number of oxime groups is 1. The van der Waals surface area contributed by atoms with Gasteiger partial charge in [0.25, 0.3) is 0 Å². The molecule has 1 heterocycles. The molecule has 6 heteroatoms. The van der Waals surface area contributed by atoms with E-state index in [1.54, 1.807) is 18.9 Å². The lowest BCUT2D eigenvalue weighted by atomic mass is 10.1. The van der Waals surface area contributed by atoms with Crippen LogP contribution in [0.4, 0.5) is 0 Å². The highest BCUT2D eigenvalue weighted by Crippen LogP contribution is 2.16. The number of nitrogens with two attached hydrogens (primary N) is 1. The van der Waals surface area contributed by atoms with E-state index >= 15 is 0 Å². The van der Waals surface area contributed by atoms with E-state index in [-0.39, 0.29) is 11.7 Å². The Balaban J connectivity index is 2.52. The first-order chi connectivity index (χ1) is 7.97. The van der Waals surface area contributed by atoms with Gasteiger partial charge >= 0.3 is 0 Å². The van der Waals surface area contributed by atoms with E-state index in [0.29, 0.717) is 12.6 Å². The Bertz CT molecular complexity index is 306. The van der Waals surface area contributed by atoms with Crippen molar-refractivity contribution in [2.24, 2.45) is 16.8 Å². The second-order valence-electron chi connectivity index (χ2n) is 4.74. The Morgan fingerprint density at radius 1 is 1.71 bits per heavy atom. The van der Waals surface area contributed by atoms with Gasteiger partial charge in [0.05, 0.1) is 5.92 Å². The van der Waals surface area contributed by atoms with Gasteiger partial charge in [-0.2, -0.15) is 0 Å². The number of hydrogen-bond acceptors (Lipinski definition) is 4. The summed E-state index contributed by atoms with van der Waals surface area (Å²) in [7, 11) is 3.83. The van der Waals surface area contributed by atoms with Crippen LogP contribution in [0.3, 0.4) is 0 Å². The van der Waals surface area contributed by atoms with E-state index in [2.05, 4.69) is 17.1 Å². The molecule has 1 fully saturated rings. The smallest absolute Gasteiger partial charge is 0.232 e. The van der Waals surface area contributed by atoms with E-state index in [1.165, 1.54) is 6.42 Å². The number of amidine groups is 1. The van der Waals surface area contributed by atoms with Crippen LogP contribution in [0.15, 0.2) is 5.16 Å². The molecule has 17 heavy (non-hydrogen) atoms. The second-order valence-corrected chi connectivity index (χ2v) is 4.74.